The number of aromatic nitrogens is 4. The number of rotatable bonds is 4. The van der Waals surface area contributed by atoms with Crippen LogP contribution in [0.5, 0.6) is 0 Å². The Labute approximate surface area is 176 Å². The fourth-order valence-electron chi connectivity index (χ4n) is 4.91. The van der Waals surface area contributed by atoms with E-state index in [1.165, 1.54) is 0 Å². The highest BCUT2D eigenvalue weighted by molar-refractivity contribution is 5.90. The zero-order valence-electron chi connectivity index (χ0n) is 17.5. The van der Waals surface area contributed by atoms with Gasteiger partial charge in [0.25, 0.3) is 0 Å². The zero-order chi connectivity index (χ0) is 20.5. The zero-order valence-corrected chi connectivity index (χ0v) is 17.5. The predicted molar refractivity (Wildman–Crippen MR) is 114 cm³/mol. The predicted octanol–water partition coefficient (Wildman–Crippen LogP) is 3.03. The van der Waals surface area contributed by atoms with Gasteiger partial charge in [-0.3, -0.25) is 4.79 Å². The van der Waals surface area contributed by atoms with Gasteiger partial charge in [-0.25, -0.2) is 0 Å². The van der Waals surface area contributed by atoms with Crippen molar-refractivity contribution in [2.75, 3.05) is 13.2 Å². The fraction of sp³-hybridized carbons (Fsp3) is 0.522. The summed E-state index contributed by atoms with van der Waals surface area (Å²) in [4.78, 5) is 16.2. The number of carbonyl (C=O) groups excluding carboxylic acids is 1. The molecule has 30 heavy (non-hydrogen) atoms. The van der Waals surface area contributed by atoms with Crippen LogP contribution < -0.4 is 5.32 Å². The maximum absolute atomic E-state index is 12.8. The number of nitrogens with zero attached hydrogens (tertiary/aromatic N) is 3. The average molecular weight is 408 g/mol. The Balaban J connectivity index is 1.24. The van der Waals surface area contributed by atoms with Crippen molar-refractivity contribution in [1.82, 2.24) is 25.1 Å². The molecule has 1 amide bonds. The summed E-state index contributed by atoms with van der Waals surface area (Å²) in [7, 11) is 0. The van der Waals surface area contributed by atoms with Crippen molar-refractivity contribution in [2.45, 2.75) is 64.0 Å². The third-order valence-corrected chi connectivity index (χ3v) is 6.59. The van der Waals surface area contributed by atoms with Crippen molar-refractivity contribution in [3.63, 3.8) is 0 Å². The quantitative estimate of drug-likeness (QED) is 0.696. The van der Waals surface area contributed by atoms with E-state index in [0.717, 1.165) is 85.7 Å². The molecule has 1 fully saturated rings. The van der Waals surface area contributed by atoms with Gasteiger partial charge in [0.05, 0.1) is 6.42 Å². The number of aromatic amines is 1. The van der Waals surface area contributed by atoms with Crippen LogP contribution in [0.3, 0.4) is 0 Å². The standard InChI is InChI=1S/C23H29N5O2/c1-15-19(18-4-2-3-5-20(18)24-15)14-22(29)25-17-6-7-21-26-27-23(28(21)11-8-17)16-9-12-30-13-10-16/h2-5,16-17,24H,6-14H2,1H3,(H,25,29). The van der Waals surface area contributed by atoms with Gasteiger partial charge >= 0.3 is 0 Å². The molecule has 0 spiro atoms. The van der Waals surface area contributed by atoms with E-state index in [0.29, 0.717) is 12.3 Å². The maximum Gasteiger partial charge on any atom is 0.224 e. The molecule has 0 saturated carbocycles. The molecule has 1 saturated heterocycles. The van der Waals surface area contributed by atoms with Crippen LogP contribution in [0.25, 0.3) is 10.9 Å². The normalized spacial score (nSPS) is 20.1. The highest BCUT2D eigenvalue weighted by Crippen LogP contribution is 2.28. The molecule has 7 heteroatoms. The van der Waals surface area contributed by atoms with Crippen LogP contribution in [0.4, 0.5) is 0 Å². The Bertz CT molecular complexity index is 1050. The van der Waals surface area contributed by atoms with Gasteiger partial charge in [-0.2, -0.15) is 0 Å². The second kappa shape index (κ2) is 8.22. The number of carbonyl (C=O) groups is 1. The van der Waals surface area contributed by atoms with E-state index >= 15 is 0 Å². The number of para-hydroxylation sites is 1. The molecule has 4 heterocycles. The number of nitrogens with one attached hydrogen (secondary N) is 2. The summed E-state index contributed by atoms with van der Waals surface area (Å²) in [6.45, 7) is 4.52. The smallest absolute Gasteiger partial charge is 0.224 e. The van der Waals surface area contributed by atoms with E-state index in [1.807, 2.05) is 19.1 Å². The Morgan fingerprint density at radius 1 is 1.20 bits per heavy atom. The molecule has 0 bridgehead atoms. The molecular formula is C23H29N5O2. The molecule has 2 aliphatic rings. The lowest BCUT2D eigenvalue weighted by Crippen LogP contribution is -2.36. The number of aryl methyl sites for hydroxylation is 2. The molecule has 0 radical (unpaired) electrons. The van der Waals surface area contributed by atoms with Crippen molar-refractivity contribution in [3.8, 4) is 0 Å². The summed E-state index contributed by atoms with van der Waals surface area (Å²) in [6, 6.07) is 8.35. The Morgan fingerprint density at radius 2 is 2.03 bits per heavy atom. The third kappa shape index (κ3) is 3.74. The van der Waals surface area contributed by atoms with E-state index < -0.39 is 0 Å². The monoisotopic (exact) mass is 407 g/mol. The fourth-order valence-corrected chi connectivity index (χ4v) is 4.91. The van der Waals surface area contributed by atoms with E-state index in [2.05, 4.69) is 37.2 Å². The first kappa shape index (κ1) is 19.3. The van der Waals surface area contributed by atoms with Gasteiger partial charge in [0.1, 0.15) is 11.6 Å². The first-order valence-electron chi connectivity index (χ1n) is 11.0. The lowest BCUT2D eigenvalue weighted by atomic mass is 9.99. The third-order valence-electron chi connectivity index (χ3n) is 6.59. The van der Waals surface area contributed by atoms with E-state index in [-0.39, 0.29) is 11.9 Å². The second-order valence-electron chi connectivity index (χ2n) is 8.56. The van der Waals surface area contributed by atoms with Crippen LogP contribution in [-0.2, 0) is 28.9 Å². The van der Waals surface area contributed by atoms with E-state index in [9.17, 15) is 4.79 Å². The molecule has 3 aromatic rings. The molecule has 2 aliphatic heterocycles. The van der Waals surface area contributed by atoms with Crippen molar-refractivity contribution in [1.29, 1.82) is 0 Å². The van der Waals surface area contributed by atoms with Gasteiger partial charge in [0, 0.05) is 54.7 Å². The van der Waals surface area contributed by atoms with Crippen molar-refractivity contribution < 1.29 is 9.53 Å². The molecule has 1 unspecified atom stereocenters. The van der Waals surface area contributed by atoms with Gasteiger partial charge in [-0.05, 0) is 44.2 Å². The van der Waals surface area contributed by atoms with Crippen LogP contribution in [0.1, 0.15) is 54.5 Å². The number of benzene rings is 1. The van der Waals surface area contributed by atoms with Crippen LogP contribution in [0, 0.1) is 6.92 Å². The summed E-state index contributed by atoms with van der Waals surface area (Å²) in [5.74, 6) is 2.70. The molecule has 1 atom stereocenters. The number of H-pyrrole nitrogens is 1. The Morgan fingerprint density at radius 3 is 2.90 bits per heavy atom. The lowest BCUT2D eigenvalue weighted by Gasteiger charge is -2.22. The minimum Gasteiger partial charge on any atom is -0.381 e. The molecule has 7 nitrogen and oxygen atoms in total. The van der Waals surface area contributed by atoms with Gasteiger partial charge in [-0.1, -0.05) is 18.2 Å². The highest BCUT2D eigenvalue weighted by atomic mass is 16.5. The maximum atomic E-state index is 12.8. The summed E-state index contributed by atoms with van der Waals surface area (Å²) in [6.07, 6.45) is 5.12. The molecule has 1 aromatic carbocycles. The molecule has 2 aromatic heterocycles. The highest BCUT2D eigenvalue weighted by Gasteiger charge is 2.27. The second-order valence-corrected chi connectivity index (χ2v) is 8.56. The number of hydrogen-bond donors (Lipinski definition) is 2. The molecule has 2 N–H and O–H groups in total. The summed E-state index contributed by atoms with van der Waals surface area (Å²) in [5, 5.41) is 13.4. The van der Waals surface area contributed by atoms with Gasteiger partial charge < -0.3 is 19.6 Å². The molecule has 0 aliphatic carbocycles. The number of fused-ring (bicyclic) bond motifs is 2. The van der Waals surface area contributed by atoms with Crippen molar-refractivity contribution in [3.05, 3.63) is 47.2 Å². The number of ether oxygens (including phenoxy) is 1. The first-order chi connectivity index (χ1) is 14.7. The van der Waals surface area contributed by atoms with Gasteiger partial charge in [0.2, 0.25) is 5.91 Å². The van der Waals surface area contributed by atoms with Gasteiger partial charge in [-0.15, -0.1) is 10.2 Å². The topological polar surface area (TPSA) is 84.8 Å². The minimum absolute atomic E-state index is 0.0928. The van der Waals surface area contributed by atoms with E-state index in [4.69, 9.17) is 4.74 Å². The number of hydrogen-bond acceptors (Lipinski definition) is 4. The summed E-state index contributed by atoms with van der Waals surface area (Å²) in [5.41, 5.74) is 3.25. The average Bonchev–Trinajstić information content (AvgIpc) is 3.24. The lowest BCUT2D eigenvalue weighted by molar-refractivity contribution is -0.121. The van der Waals surface area contributed by atoms with Crippen molar-refractivity contribution in [2.24, 2.45) is 0 Å². The number of amides is 1. The van der Waals surface area contributed by atoms with Crippen LogP contribution in [0.2, 0.25) is 0 Å². The van der Waals surface area contributed by atoms with Crippen LogP contribution in [0.15, 0.2) is 24.3 Å². The van der Waals surface area contributed by atoms with Crippen LogP contribution in [-0.4, -0.2) is 44.9 Å². The van der Waals surface area contributed by atoms with Crippen LogP contribution >= 0.6 is 0 Å². The van der Waals surface area contributed by atoms with E-state index in [1.54, 1.807) is 0 Å². The first-order valence-corrected chi connectivity index (χ1v) is 11.0. The van der Waals surface area contributed by atoms with Gasteiger partial charge in [0.15, 0.2) is 0 Å². The summed E-state index contributed by atoms with van der Waals surface area (Å²) < 4.78 is 7.80. The minimum atomic E-state index is 0.0928. The largest absolute Gasteiger partial charge is 0.381 e. The molecular weight excluding hydrogens is 378 g/mol. The summed E-state index contributed by atoms with van der Waals surface area (Å²) >= 11 is 0. The van der Waals surface area contributed by atoms with Crippen molar-refractivity contribution >= 4 is 16.8 Å². The SMILES string of the molecule is Cc1[nH]c2ccccc2c1CC(=O)NC1CCc2nnc(C3CCOCC3)n2CC1. The molecule has 158 valence electrons. The molecule has 5 rings (SSSR count). The Kier molecular flexibility index (Phi) is 5.29. The Hall–Kier alpha value is -2.67.